The molecule has 0 unspecified atom stereocenters. The molecule has 90 valence electrons. The van der Waals surface area contributed by atoms with Crippen LogP contribution in [0.4, 0.5) is 18.9 Å². The molecule has 0 spiro atoms. The molecular formula is C11H7ClF3NS. The Kier molecular flexibility index (Phi) is 3.59. The van der Waals surface area contributed by atoms with E-state index in [-0.39, 0.29) is 5.69 Å². The zero-order valence-corrected chi connectivity index (χ0v) is 10.0. The van der Waals surface area contributed by atoms with Crippen LogP contribution in [-0.4, -0.2) is 0 Å². The number of thiophene rings is 1. The maximum atomic E-state index is 13.2. The van der Waals surface area contributed by atoms with Crippen LogP contribution in [0.15, 0.2) is 23.6 Å². The lowest BCUT2D eigenvalue weighted by Gasteiger charge is -2.06. The highest BCUT2D eigenvalue weighted by molar-refractivity contribution is 7.10. The van der Waals surface area contributed by atoms with Gasteiger partial charge in [0, 0.05) is 28.9 Å². The molecule has 0 saturated heterocycles. The summed E-state index contributed by atoms with van der Waals surface area (Å²) in [4.78, 5) is 0.874. The second-order valence-corrected chi connectivity index (χ2v) is 4.76. The Balaban J connectivity index is 2.11. The molecule has 0 amide bonds. The minimum Gasteiger partial charge on any atom is -0.378 e. The first kappa shape index (κ1) is 12.3. The van der Waals surface area contributed by atoms with Gasteiger partial charge in [-0.25, -0.2) is 13.2 Å². The fourth-order valence-electron chi connectivity index (χ4n) is 1.29. The van der Waals surface area contributed by atoms with Gasteiger partial charge in [0.15, 0.2) is 11.6 Å². The van der Waals surface area contributed by atoms with Crippen LogP contribution in [0.2, 0.25) is 5.02 Å². The van der Waals surface area contributed by atoms with Gasteiger partial charge in [0.25, 0.3) is 0 Å². The Hall–Kier alpha value is -1.20. The van der Waals surface area contributed by atoms with E-state index in [2.05, 4.69) is 5.32 Å². The number of rotatable bonds is 3. The second kappa shape index (κ2) is 4.98. The first-order valence-electron chi connectivity index (χ1n) is 4.67. The van der Waals surface area contributed by atoms with Crippen molar-refractivity contribution in [1.82, 2.24) is 0 Å². The van der Waals surface area contributed by atoms with Crippen LogP contribution in [0.3, 0.4) is 0 Å². The molecule has 17 heavy (non-hydrogen) atoms. The number of hydrogen-bond acceptors (Lipinski definition) is 2. The molecule has 0 fully saturated rings. The monoisotopic (exact) mass is 277 g/mol. The molecule has 1 nitrogen and oxygen atoms in total. The van der Waals surface area contributed by atoms with E-state index in [0.29, 0.717) is 17.6 Å². The summed E-state index contributed by atoms with van der Waals surface area (Å²) in [5.41, 5.74) is -0.0755. The van der Waals surface area contributed by atoms with E-state index in [9.17, 15) is 13.2 Å². The Morgan fingerprint density at radius 3 is 2.41 bits per heavy atom. The topological polar surface area (TPSA) is 12.0 Å². The van der Waals surface area contributed by atoms with Crippen molar-refractivity contribution in [3.8, 4) is 0 Å². The van der Waals surface area contributed by atoms with Crippen molar-refractivity contribution in [2.75, 3.05) is 5.32 Å². The summed E-state index contributed by atoms with van der Waals surface area (Å²) in [5.74, 6) is -3.11. The third-order valence-corrected chi connectivity index (χ3v) is 3.37. The molecule has 2 aromatic rings. The third-order valence-electron chi connectivity index (χ3n) is 2.08. The Bertz CT molecular complexity index is 542. The molecule has 0 aliphatic rings. The Labute approximate surface area is 105 Å². The van der Waals surface area contributed by atoms with Crippen molar-refractivity contribution >= 4 is 28.6 Å². The molecule has 1 N–H and O–H groups in total. The number of benzene rings is 1. The van der Waals surface area contributed by atoms with Gasteiger partial charge in [0.1, 0.15) is 5.82 Å². The van der Waals surface area contributed by atoms with Crippen molar-refractivity contribution in [3.05, 3.63) is 50.9 Å². The van der Waals surface area contributed by atoms with Crippen LogP contribution in [0, 0.1) is 17.5 Å². The molecule has 0 bridgehead atoms. The van der Waals surface area contributed by atoms with Crippen molar-refractivity contribution in [2.45, 2.75) is 6.54 Å². The molecule has 2 rings (SSSR count). The number of halogens is 4. The van der Waals surface area contributed by atoms with Crippen molar-refractivity contribution in [1.29, 1.82) is 0 Å². The highest BCUT2D eigenvalue weighted by Gasteiger charge is 2.09. The summed E-state index contributed by atoms with van der Waals surface area (Å²) < 4.78 is 38.8. The van der Waals surface area contributed by atoms with E-state index in [1.807, 2.05) is 0 Å². The van der Waals surface area contributed by atoms with Crippen LogP contribution < -0.4 is 5.32 Å². The summed E-state index contributed by atoms with van der Waals surface area (Å²) in [5, 5.41) is 5.01. The minimum absolute atomic E-state index is 0.0755. The van der Waals surface area contributed by atoms with E-state index in [0.717, 1.165) is 10.9 Å². The van der Waals surface area contributed by atoms with E-state index >= 15 is 0 Å². The van der Waals surface area contributed by atoms with Crippen LogP contribution in [-0.2, 0) is 6.54 Å². The maximum absolute atomic E-state index is 13.2. The highest BCUT2D eigenvalue weighted by atomic mass is 35.5. The molecule has 1 aromatic carbocycles. The molecule has 6 heteroatoms. The van der Waals surface area contributed by atoms with Crippen molar-refractivity contribution in [2.24, 2.45) is 0 Å². The summed E-state index contributed by atoms with van der Waals surface area (Å²) in [7, 11) is 0. The minimum atomic E-state index is -1.20. The molecule has 0 atom stereocenters. The van der Waals surface area contributed by atoms with Gasteiger partial charge in [-0.15, -0.1) is 11.3 Å². The number of anilines is 1. The smallest absolute Gasteiger partial charge is 0.161 e. The van der Waals surface area contributed by atoms with Gasteiger partial charge in [-0.1, -0.05) is 11.6 Å². The second-order valence-electron chi connectivity index (χ2n) is 3.33. The van der Waals surface area contributed by atoms with Crippen molar-refractivity contribution in [3.63, 3.8) is 0 Å². The van der Waals surface area contributed by atoms with Crippen LogP contribution in [0.5, 0.6) is 0 Å². The fourth-order valence-corrected chi connectivity index (χ4v) is 2.30. The largest absolute Gasteiger partial charge is 0.378 e. The molecule has 0 aliphatic heterocycles. The molecular weight excluding hydrogens is 271 g/mol. The summed E-state index contributed by atoms with van der Waals surface area (Å²) in [6, 6.07) is 3.02. The SMILES string of the molecule is Fc1cc(F)c(NCc2cc(Cl)cs2)cc1F. The highest BCUT2D eigenvalue weighted by Crippen LogP contribution is 2.22. The lowest BCUT2D eigenvalue weighted by molar-refractivity contribution is 0.496. The van der Waals surface area contributed by atoms with Gasteiger partial charge < -0.3 is 5.32 Å². The number of nitrogens with one attached hydrogen (secondary N) is 1. The quantitative estimate of drug-likeness (QED) is 0.819. The Morgan fingerprint density at radius 1 is 1.06 bits per heavy atom. The van der Waals surface area contributed by atoms with E-state index < -0.39 is 17.5 Å². The lowest BCUT2D eigenvalue weighted by atomic mass is 10.2. The summed E-state index contributed by atoms with van der Waals surface area (Å²) in [6.07, 6.45) is 0. The molecule has 0 radical (unpaired) electrons. The fraction of sp³-hybridized carbons (Fsp3) is 0.0909. The predicted molar refractivity (Wildman–Crippen MR) is 63.0 cm³/mol. The zero-order valence-electron chi connectivity index (χ0n) is 8.44. The predicted octanol–water partition coefficient (Wildman–Crippen LogP) is 4.43. The Morgan fingerprint density at radius 2 is 1.76 bits per heavy atom. The van der Waals surface area contributed by atoms with Gasteiger partial charge >= 0.3 is 0 Å². The average Bonchev–Trinajstić information content (AvgIpc) is 2.68. The van der Waals surface area contributed by atoms with Crippen molar-refractivity contribution < 1.29 is 13.2 Å². The lowest BCUT2D eigenvalue weighted by Crippen LogP contribution is -2.01. The zero-order chi connectivity index (χ0) is 12.4. The van der Waals surface area contributed by atoms with Gasteiger partial charge in [-0.3, -0.25) is 0 Å². The van der Waals surface area contributed by atoms with Crippen LogP contribution in [0.1, 0.15) is 4.88 Å². The number of hydrogen-bond donors (Lipinski definition) is 1. The summed E-state index contributed by atoms with van der Waals surface area (Å²) in [6.45, 7) is 0.305. The molecule has 0 aliphatic carbocycles. The third kappa shape index (κ3) is 2.92. The van der Waals surface area contributed by atoms with Gasteiger partial charge in [-0.2, -0.15) is 0 Å². The van der Waals surface area contributed by atoms with E-state index in [4.69, 9.17) is 11.6 Å². The standard InChI is InChI=1S/C11H7ClF3NS/c12-6-1-7(17-5-6)4-16-11-3-9(14)8(13)2-10(11)15/h1-3,5,16H,4H2. The molecule has 0 saturated carbocycles. The normalized spacial score (nSPS) is 10.6. The van der Waals surface area contributed by atoms with Crippen LogP contribution in [0.25, 0.3) is 0 Å². The van der Waals surface area contributed by atoms with Gasteiger partial charge in [-0.05, 0) is 6.07 Å². The average molecular weight is 278 g/mol. The first-order valence-corrected chi connectivity index (χ1v) is 5.93. The van der Waals surface area contributed by atoms with Crippen LogP contribution >= 0.6 is 22.9 Å². The molecule has 1 aromatic heterocycles. The summed E-state index contributed by atoms with van der Waals surface area (Å²) >= 11 is 7.12. The van der Waals surface area contributed by atoms with E-state index in [1.54, 1.807) is 11.4 Å². The van der Waals surface area contributed by atoms with Gasteiger partial charge in [0.2, 0.25) is 0 Å². The van der Waals surface area contributed by atoms with Gasteiger partial charge in [0.05, 0.1) is 10.7 Å². The first-order chi connectivity index (χ1) is 8.06. The molecule has 1 heterocycles. The maximum Gasteiger partial charge on any atom is 0.161 e. The van der Waals surface area contributed by atoms with E-state index in [1.165, 1.54) is 11.3 Å².